The van der Waals surface area contributed by atoms with Gasteiger partial charge in [0.1, 0.15) is 11.3 Å². The number of nitrogens with zero attached hydrogens (tertiary/aromatic N) is 1. The second-order valence-electron chi connectivity index (χ2n) is 4.68. The molecule has 1 heterocycles. The number of thiazole rings is 1. The monoisotopic (exact) mass is 332 g/mol. The van der Waals surface area contributed by atoms with E-state index in [0.29, 0.717) is 0 Å². The molecule has 0 spiro atoms. The lowest BCUT2D eigenvalue weighted by atomic mass is 10.1. The molecule has 0 fully saturated rings. The smallest absolute Gasteiger partial charge is 0.183 e. The standard InChI is InChI=1S/C17H15ClNS2/c1-19-15(12-6-4-3-5-7-12)17(20-2)21-16(19)13-8-10-14(18)11-9-13/h3-11H,1-2H3/q+1. The summed E-state index contributed by atoms with van der Waals surface area (Å²) in [5, 5.41) is 2.02. The molecule has 0 aliphatic heterocycles. The molecule has 0 saturated heterocycles. The molecule has 3 aromatic rings. The Hall–Kier alpha value is -1.29. The van der Waals surface area contributed by atoms with Gasteiger partial charge in [-0.25, -0.2) is 0 Å². The molecule has 0 unspecified atom stereocenters. The topological polar surface area (TPSA) is 3.88 Å². The van der Waals surface area contributed by atoms with Gasteiger partial charge in [0.25, 0.3) is 5.01 Å². The van der Waals surface area contributed by atoms with Crippen LogP contribution < -0.4 is 4.57 Å². The summed E-state index contributed by atoms with van der Waals surface area (Å²) < 4.78 is 3.60. The van der Waals surface area contributed by atoms with Crippen LogP contribution in [0.15, 0.2) is 58.8 Å². The van der Waals surface area contributed by atoms with Crippen molar-refractivity contribution in [3.8, 4) is 21.8 Å². The van der Waals surface area contributed by atoms with Crippen LogP contribution in [0.25, 0.3) is 21.8 Å². The molecule has 0 aliphatic carbocycles. The zero-order valence-corrected chi connectivity index (χ0v) is 14.2. The van der Waals surface area contributed by atoms with E-state index in [4.69, 9.17) is 11.6 Å². The highest BCUT2D eigenvalue weighted by molar-refractivity contribution is 8.00. The zero-order chi connectivity index (χ0) is 14.8. The molecule has 1 aromatic heterocycles. The lowest BCUT2D eigenvalue weighted by molar-refractivity contribution is -0.646. The van der Waals surface area contributed by atoms with Crippen LogP contribution in [0.4, 0.5) is 0 Å². The van der Waals surface area contributed by atoms with Crippen molar-refractivity contribution in [1.82, 2.24) is 0 Å². The average molecular weight is 333 g/mol. The third kappa shape index (κ3) is 2.86. The Labute approximate surface area is 138 Å². The molecule has 0 radical (unpaired) electrons. The molecular formula is C17H15ClNS2+. The molecule has 0 atom stereocenters. The molecule has 1 nitrogen and oxygen atoms in total. The maximum atomic E-state index is 5.99. The quantitative estimate of drug-likeness (QED) is 0.466. The van der Waals surface area contributed by atoms with E-state index in [1.54, 1.807) is 11.8 Å². The summed E-state index contributed by atoms with van der Waals surface area (Å²) in [4.78, 5) is 0. The van der Waals surface area contributed by atoms with Gasteiger partial charge in [-0.15, -0.1) is 11.8 Å². The van der Waals surface area contributed by atoms with Crippen LogP contribution in [0.2, 0.25) is 5.02 Å². The Kier molecular flexibility index (Phi) is 4.34. The van der Waals surface area contributed by atoms with E-state index in [9.17, 15) is 0 Å². The molecule has 106 valence electrons. The van der Waals surface area contributed by atoms with Gasteiger partial charge in [0, 0.05) is 10.6 Å². The first kappa shape index (κ1) is 14.6. The summed E-state index contributed by atoms with van der Waals surface area (Å²) in [5.41, 5.74) is 3.73. The van der Waals surface area contributed by atoms with Gasteiger partial charge in [-0.05, 0) is 42.7 Å². The maximum absolute atomic E-state index is 5.99. The lowest BCUT2D eigenvalue weighted by Crippen LogP contribution is -2.30. The second-order valence-corrected chi connectivity index (χ2v) is 7.19. The molecule has 4 heteroatoms. The van der Waals surface area contributed by atoms with Gasteiger partial charge >= 0.3 is 0 Å². The van der Waals surface area contributed by atoms with Crippen molar-refractivity contribution in [3.05, 3.63) is 59.6 Å². The first-order valence-corrected chi connectivity index (χ1v) is 9.01. The minimum absolute atomic E-state index is 0.770. The van der Waals surface area contributed by atoms with Crippen LogP contribution in [0.1, 0.15) is 0 Å². The van der Waals surface area contributed by atoms with Crippen LogP contribution in [-0.2, 0) is 7.05 Å². The fraction of sp³-hybridized carbons (Fsp3) is 0.118. The fourth-order valence-corrected chi connectivity index (χ4v) is 4.49. The summed E-state index contributed by atoms with van der Waals surface area (Å²) >= 11 is 9.61. The Morgan fingerprint density at radius 2 is 1.62 bits per heavy atom. The summed E-state index contributed by atoms with van der Waals surface area (Å²) in [6.07, 6.45) is 2.13. The Bertz CT molecular complexity index is 748. The van der Waals surface area contributed by atoms with Gasteiger partial charge in [0.2, 0.25) is 5.69 Å². The van der Waals surface area contributed by atoms with Crippen molar-refractivity contribution in [2.24, 2.45) is 7.05 Å². The summed E-state index contributed by atoms with van der Waals surface area (Å²) in [6, 6.07) is 18.6. The molecular weight excluding hydrogens is 318 g/mol. The second kappa shape index (κ2) is 6.22. The van der Waals surface area contributed by atoms with Crippen molar-refractivity contribution < 1.29 is 4.57 Å². The fourth-order valence-electron chi connectivity index (χ4n) is 2.33. The maximum Gasteiger partial charge on any atom is 0.270 e. The number of thioether (sulfide) groups is 1. The van der Waals surface area contributed by atoms with E-state index < -0.39 is 0 Å². The van der Waals surface area contributed by atoms with E-state index in [2.05, 4.69) is 60.3 Å². The number of aromatic nitrogens is 1. The molecule has 3 rings (SSSR count). The molecule has 21 heavy (non-hydrogen) atoms. The van der Waals surface area contributed by atoms with Gasteiger partial charge in [-0.1, -0.05) is 41.1 Å². The number of benzene rings is 2. The predicted molar refractivity (Wildman–Crippen MR) is 93.2 cm³/mol. The van der Waals surface area contributed by atoms with Crippen molar-refractivity contribution in [1.29, 1.82) is 0 Å². The van der Waals surface area contributed by atoms with Crippen LogP contribution >= 0.6 is 34.7 Å². The average Bonchev–Trinajstić information content (AvgIpc) is 2.86. The lowest BCUT2D eigenvalue weighted by Gasteiger charge is -1.99. The van der Waals surface area contributed by atoms with Crippen LogP contribution in [0.3, 0.4) is 0 Å². The molecule has 0 amide bonds. The Balaban J connectivity index is 2.17. The highest BCUT2D eigenvalue weighted by atomic mass is 35.5. The van der Waals surface area contributed by atoms with Gasteiger partial charge in [0.05, 0.1) is 5.56 Å². The Morgan fingerprint density at radius 3 is 2.24 bits per heavy atom. The number of hydrogen-bond donors (Lipinski definition) is 0. The third-order valence-electron chi connectivity index (χ3n) is 3.35. The molecule has 0 N–H and O–H groups in total. The zero-order valence-electron chi connectivity index (χ0n) is 11.8. The first-order valence-electron chi connectivity index (χ1n) is 6.59. The molecule has 2 aromatic carbocycles. The van der Waals surface area contributed by atoms with Gasteiger partial charge < -0.3 is 0 Å². The highest BCUT2D eigenvalue weighted by Crippen LogP contribution is 2.37. The predicted octanol–water partition coefficient (Wildman–Crippen LogP) is 5.28. The van der Waals surface area contributed by atoms with E-state index in [1.807, 2.05) is 23.5 Å². The third-order valence-corrected chi connectivity index (χ3v) is 5.99. The van der Waals surface area contributed by atoms with Crippen LogP contribution in [0, 0.1) is 0 Å². The van der Waals surface area contributed by atoms with E-state index in [0.717, 1.165) is 5.02 Å². The minimum atomic E-state index is 0.770. The molecule has 0 bridgehead atoms. The summed E-state index contributed by atoms with van der Waals surface area (Å²) in [5.74, 6) is 0. The van der Waals surface area contributed by atoms with E-state index in [-0.39, 0.29) is 0 Å². The van der Waals surface area contributed by atoms with Crippen LogP contribution in [0.5, 0.6) is 0 Å². The van der Waals surface area contributed by atoms with Crippen molar-refractivity contribution >= 4 is 34.7 Å². The number of rotatable bonds is 3. The molecule has 0 aliphatic rings. The van der Waals surface area contributed by atoms with E-state index >= 15 is 0 Å². The first-order chi connectivity index (χ1) is 10.2. The minimum Gasteiger partial charge on any atom is -0.183 e. The van der Waals surface area contributed by atoms with Crippen molar-refractivity contribution in [2.45, 2.75) is 4.21 Å². The summed E-state index contributed by atoms with van der Waals surface area (Å²) in [7, 11) is 2.13. The van der Waals surface area contributed by atoms with Gasteiger partial charge in [0.15, 0.2) is 0 Å². The number of hydrogen-bond acceptors (Lipinski definition) is 2. The normalized spacial score (nSPS) is 10.8. The summed E-state index contributed by atoms with van der Waals surface area (Å²) in [6.45, 7) is 0. The van der Waals surface area contributed by atoms with Crippen molar-refractivity contribution in [2.75, 3.05) is 6.26 Å². The van der Waals surface area contributed by atoms with Crippen LogP contribution in [-0.4, -0.2) is 6.26 Å². The number of halogens is 1. The van der Waals surface area contributed by atoms with Gasteiger partial charge in [-0.3, -0.25) is 0 Å². The van der Waals surface area contributed by atoms with E-state index in [1.165, 1.54) is 26.0 Å². The van der Waals surface area contributed by atoms with Gasteiger partial charge in [-0.2, -0.15) is 4.57 Å². The highest BCUT2D eigenvalue weighted by Gasteiger charge is 2.25. The van der Waals surface area contributed by atoms with Crippen molar-refractivity contribution in [3.63, 3.8) is 0 Å². The largest absolute Gasteiger partial charge is 0.270 e. The molecule has 0 saturated carbocycles. The Morgan fingerprint density at radius 1 is 0.952 bits per heavy atom. The SMILES string of the molecule is CSc1sc(-c2ccc(Cl)cc2)[n+](C)c1-c1ccccc1.